The van der Waals surface area contributed by atoms with E-state index in [4.69, 9.17) is 4.52 Å². The number of nitrogens with one attached hydrogen (secondary N) is 1. The van der Waals surface area contributed by atoms with E-state index in [0.717, 1.165) is 68.6 Å². The number of carbonyl (C=O) groups is 1. The molecule has 3 heterocycles. The van der Waals surface area contributed by atoms with Crippen molar-refractivity contribution in [2.24, 2.45) is 0 Å². The number of likely N-dealkylation sites (tertiary alicyclic amines) is 1. The molecule has 116 valence electrons. The Morgan fingerprint density at radius 1 is 1.32 bits per heavy atom. The molecule has 4 rings (SSSR count). The second-order valence-electron chi connectivity index (χ2n) is 6.24. The van der Waals surface area contributed by atoms with Crippen LogP contribution in [0.5, 0.6) is 0 Å². The number of amides is 1. The molecular formula is C16H20N4O2. The summed E-state index contributed by atoms with van der Waals surface area (Å²) in [6.07, 6.45) is 7.93. The molecule has 1 amide bonds. The SMILES string of the molecule is O=C(c1noc2c1CCCC2)N1CCC[C@H](c2ccn[nH]2)C1. The second kappa shape index (κ2) is 5.59. The van der Waals surface area contributed by atoms with Gasteiger partial charge in [-0.25, -0.2) is 0 Å². The molecule has 0 radical (unpaired) electrons. The Balaban J connectivity index is 1.54. The first-order valence-corrected chi connectivity index (χ1v) is 8.09. The zero-order chi connectivity index (χ0) is 14.9. The molecule has 0 bridgehead atoms. The van der Waals surface area contributed by atoms with Crippen LogP contribution in [-0.2, 0) is 12.8 Å². The van der Waals surface area contributed by atoms with Crippen LogP contribution in [0.25, 0.3) is 0 Å². The van der Waals surface area contributed by atoms with Crippen LogP contribution in [0.2, 0.25) is 0 Å². The molecule has 2 aliphatic rings. The van der Waals surface area contributed by atoms with Crippen molar-refractivity contribution < 1.29 is 9.32 Å². The molecule has 1 fully saturated rings. The van der Waals surface area contributed by atoms with E-state index in [9.17, 15) is 4.79 Å². The first kappa shape index (κ1) is 13.5. The largest absolute Gasteiger partial charge is 0.360 e. The molecule has 0 aromatic carbocycles. The highest BCUT2D eigenvalue weighted by molar-refractivity contribution is 5.94. The van der Waals surface area contributed by atoms with Gasteiger partial charge in [0.25, 0.3) is 5.91 Å². The predicted octanol–water partition coefficient (Wildman–Crippen LogP) is 2.30. The molecule has 2 aromatic rings. The van der Waals surface area contributed by atoms with Crippen molar-refractivity contribution in [3.63, 3.8) is 0 Å². The predicted molar refractivity (Wildman–Crippen MR) is 79.6 cm³/mol. The summed E-state index contributed by atoms with van der Waals surface area (Å²) >= 11 is 0. The molecule has 6 nitrogen and oxygen atoms in total. The van der Waals surface area contributed by atoms with E-state index in [1.54, 1.807) is 6.20 Å². The highest BCUT2D eigenvalue weighted by Crippen LogP contribution is 2.29. The summed E-state index contributed by atoms with van der Waals surface area (Å²) in [5.74, 6) is 1.27. The molecule has 0 saturated carbocycles. The molecule has 2 aromatic heterocycles. The van der Waals surface area contributed by atoms with E-state index in [-0.39, 0.29) is 5.91 Å². The van der Waals surface area contributed by atoms with Crippen molar-refractivity contribution in [3.05, 3.63) is 35.0 Å². The molecule has 0 spiro atoms. The Hall–Kier alpha value is -2.11. The van der Waals surface area contributed by atoms with Gasteiger partial charge in [0.05, 0.1) is 0 Å². The number of H-pyrrole nitrogens is 1. The summed E-state index contributed by atoms with van der Waals surface area (Å²) < 4.78 is 5.38. The van der Waals surface area contributed by atoms with Crippen LogP contribution >= 0.6 is 0 Å². The Morgan fingerprint density at radius 2 is 2.23 bits per heavy atom. The van der Waals surface area contributed by atoms with Gasteiger partial charge in [-0.15, -0.1) is 0 Å². The lowest BCUT2D eigenvalue weighted by atomic mass is 9.93. The van der Waals surface area contributed by atoms with Crippen LogP contribution in [0.15, 0.2) is 16.8 Å². The Labute approximate surface area is 128 Å². The van der Waals surface area contributed by atoms with Crippen LogP contribution in [-0.4, -0.2) is 39.3 Å². The number of rotatable bonds is 2. The maximum Gasteiger partial charge on any atom is 0.276 e. The van der Waals surface area contributed by atoms with Crippen molar-refractivity contribution in [2.75, 3.05) is 13.1 Å². The third-order valence-electron chi connectivity index (χ3n) is 4.82. The summed E-state index contributed by atoms with van der Waals surface area (Å²) in [4.78, 5) is 14.7. The Morgan fingerprint density at radius 3 is 3.09 bits per heavy atom. The molecule has 6 heteroatoms. The van der Waals surface area contributed by atoms with Crippen molar-refractivity contribution in [2.45, 2.75) is 44.4 Å². The van der Waals surface area contributed by atoms with E-state index >= 15 is 0 Å². The van der Waals surface area contributed by atoms with Crippen LogP contribution in [0.1, 0.15) is 59.1 Å². The van der Waals surface area contributed by atoms with E-state index < -0.39 is 0 Å². The molecule has 1 aliphatic heterocycles. The monoisotopic (exact) mass is 300 g/mol. The van der Waals surface area contributed by atoms with Gasteiger partial charge < -0.3 is 9.42 Å². The maximum atomic E-state index is 12.8. The first-order chi connectivity index (χ1) is 10.8. The topological polar surface area (TPSA) is 75.0 Å². The summed E-state index contributed by atoms with van der Waals surface area (Å²) in [7, 11) is 0. The van der Waals surface area contributed by atoms with Gasteiger partial charge in [-0.05, 0) is 38.2 Å². The minimum Gasteiger partial charge on any atom is -0.360 e. The Bertz CT molecular complexity index is 662. The van der Waals surface area contributed by atoms with Crippen LogP contribution in [0, 0.1) is 0 Å². The fourth-order valence-corrected chi connectivity index (χ4v) is 3.61. The molecule has 0 unspecified atom stereocenters. The normalized spacial score (nSPS) is 21.6. The lowest BCUT2D eigenvalue weighted by molar-refractivity contribution is 0.0694. The quantitative estimate of drug-likeness (QED) is 0.923. The number of hydrogen-bond acceptors (Lipinski definition) is 4. The molecular weight excluding hydrogens is 280 g/mol. The van der Waals surface area contributed by atoms with Gasteiger partial charge in [0.1, 0.15) is 5.76 Å². The lowest BCUT2D eigenvalue weighted by Crippen LogP contribution is -2.39. The van der Waals surface area contributed by atoms with Gasteiger partial charge in [-0.2, -0.15) is 5.10 Å². The highest BCUT2D eigenvalue weighted by Gasteiger charge is 2.31. The van der Waals surface area contributed by atoms with Crippen molar-refractivity contribution in [1.29, 1.82) is 0 Å². The van der Waals surface area contributed by atoms with Crippen molar-refractivity contribution in [1.82, 2.24) is 20.3 Å². The van der Waals surface area contributed by atoms with Crippen LogP contribution < -0.4 is 0 Å². The van der Waals surface area contributed by atoms with E-state index in [1.165, 1.54) is 0 Å². The minimum atomic E-state index is 0.0242. The molecule has 1 atom stereocenters. The summed E-state index contributed by atoms with van der Waals surface area (Å²) in [6, 6.07) is 2.00. The summed E-state index contributed by atoms with van der Waals surface area (Å²) in [5, 5.41) is 11.1. The minimum absolute atomic E-state index is 0.0242. The van der Waals surface area contributed by atoms with Gasteiger partial charge in [0.15, 0.2) is 5.69 Å². The number of hydrogen-bond donors (Lipinski definition) is 1. The van der Waals surface area contributed by atoms with Gasteiger partial charge in [0.2, 0.25) is 0 Å². The third kappa shape index (κ3) is 2.32. The van der Waals surface area contributed by atoms with Crippen molar-refractivity contribution >= 4 is 5.91 Å². The zero-order valence-electron chi connectivity index (χ0n) is 12.5. The van der Waals surface area contributed by atoms with Gasteiger partial charge in [-0.1, -0.05) is 5.16 Å². The lowest BCUT2D eigenvalue weighted by Gasteiger charge is -2.32. The van der Waals surface area contributed by atoms with Crippen LogP contribution in [0.3, 0.4) is 0 Å². The standard InChI is InChI=1S/C16H20N4O2/c21-16(15-12-5-1-2-6-14(12)22-19-15)20-9-3-4-11(10-20)13-7-8-17-18-13/h7-8,11H,1-6,9-10H2,(H,17,18)/t11-/m0/s1. The number of fused-ring (bicyclic) bond motifs is 1. The molecule has 1 N–H and O–H groups in total. The average molecular weight is 300 g/mol. The first-order valence-electron chi connectivity index (χ1n) is 8.09. The fourth-order valence-electron chi connectivity index (χ4n) is 3.61. The molecule has 1 aliphatic carbocycles. The summed E-state index contributed by atoms with van der Waals surface area (Å²) in [6.45, 7) is 1.52. The number of aryl methyl sites for hydroxylation is 1. The highest BCUT2D eigenvalue weighted by atomic mass is 16.5. The van der Waals surface area contributed by atoms with Crippen LogP contribution in [0.4, 0.5) is 0 Å². The van der Waals surface area contributed by atoms with E-state index in [0.29, 0.717) is 11.6 Å². The number of piperidine rings is 1. The zero-order valence-corrected chi connectivity index (χ0v) is 12.5. The van der Waals surface area contributed by atoms with E-state index in [1.807, 2.05) is 11.0 Å². The second-order valence-corrected chi connectivity index (χ2v) is 6.24. The van der Waals surface area contributed by atoms with E-state index in [2.05, 4.69) is 15.4 Å². The van der Waals surface area contributed by atoms with Crippen molar-refractivity contribution in [3.8, 4) is 0 Å². The maximum absolute atomic E-state index is 12.8. The number of nitrogens with zero attached hydrogens (tertiary/aromatic N) is 3. The number of aromatic nitrogens is 3. The molecule has 1 saturated heterocycles. The van der Waals surface area contributed by atoms with Gasteiger partial charge in [-0.3, -0.25) is 9.89 Å². The smallest absolute Gasteiger partial charge is 0.276 e. The Kier molecular flexibility index (Phi) is 3.44. The number of carbonyl (C=O) groups excluding carboxylic acids is 1. The molecule has 22 heavy (non-hydrogen) atoms. The van der Waals surface area contributed by atoms with Gasteiger partial charge >= 0.3 is 0 Å². The fraction of sp³-hybridized carbons (Fsp3) is 0.562. The van der Waals surface area contributed by atoms with Gasteiger partial charge in [0, 0.05) is 42.9 Å². The average Bonchev–Trinajstić information content (AvgIpc) is 3.24. The third-order valence-corrected chi connectivity index (χ3v) is 4.82. The summed E-state index contributed by atoms with van der Waals surface area (Å²) in [5.41, 5.74) is 2.69. The number of aromatic amines is 1.